The van der Waals surface area contributed by atoms with Crippen molar-refractivity contribution in [2.75, 3.05) is 26.2 Å². The Morgan fingerprint density at radius 2 is 1.56 bits per heavy atom. The third-order valence-electron chi connectivity index (χ3n) is 6.02. The van der Waals surface area contributed by atoms with Crippen LogP contribution in [0.5, 0.6) is 0 Å². The summed E-state index contributed by atoms with van der Waals surface area (Å²) in [6.07, 6.45) is 6.47. The van der Waals surface area contributed by atoms with Gasteiger partial charge in [0, 0.05) is 19.0 Å². The van der Waals surface area contributed by atoms with Gasteiger partial charge in [-0.15, -0.1) is 0 Å². The first-order valence-electron chi connectivity index (χ1n) is 7.84. The molecule has 4 rings (SSSR count). The largest absolute Gasteiger partial charge is 0.342 e. The van der Waals surface area contributed by atoms with Crippen molar-refractivity contribution in [3.8, 4) is 0 Å². The van der Waals surface area contributed by atoms with Gasteiger partial charge in [0.25, 0.3) is 0 Å². The Morgan fingerprint density at radius 3 is 2.17 bits per heavy atom. The van der Waals surface area contributed by atoms with Gasteiger partial charge in [0.05, 0.1) is 0 Å². The third kappa shape index (κ3) is 1.70. The highest BCUT2D eigenvalue weighted by atomic mass is 16.2. The summed E-state index contributed by atoms with van der Waals surface area (Å²) in [7, 11) is 0. The fraction of sp³-hybridized carbons (Fsp3) is 0.933. The van der Waals surface area contributed by atoms with E-state index in [9.17, 15) is 4.79 Å². The van der Waals surface area contributed by atoms with E-state index in [0.29, 0.717) is 11.8 Å². The van der Waals surface area contributed by atoms with Crippen molar-refractivity contribution in [2.24, 2.45) is 29.6 Å². The zero-order valence-electron chi connectivity index (χ0n) is 11.1. The number of likely N-dealkylation sites (tertiary alicyclic amines) is 1. The number of rotatable bonds is 1. The van der Waals surface area contributed by atoms with Crippen molar-refractivity contribution >= 4 is 5.91 Å². The van der Waals surface area contributed by atoms with Gasteiger partial charge in [-0.25, -0.2) is 0 Å². The molecule has 4 fully saturated rings. The van der Waals surface area contributed by atoms with Gasteiger partial charge in [-0.1, -0.05) is 6.42 Å². The second-order valence-electron chi connectivity index (χ2n) is 6.87. The van der Waals surface area contributed by atoms with E-state index in [1.807, 2.05) is 0 Å². The van der Waals surface area contributed by atoms with Crippen LogP contribution in [0.4, 0.5) is 0 Å². The van der Waals surface area contributed by atoms with E-state index in [2.05, 4.69) is 10.2 Å². The van der Waals surface area contributed by atoms with Crippen LogP contribution in [0.15, 0.2) is 0 Å². The molecule has 2 aliphatic heterocycles. The molecule has 2 heterocycles. The average Bonchev–Trinajstić information content (AvgIpc) is 2.74. The fourth-order valence-corrected chi connectivity index (χ4v) is 4.84. The molecule has 2 aliphatic carbocycles. The van der Waals surface area contributed by atoms with Crippen LogP contribution in [0, 0.1) is 29.6 Å². The Morgan fingerprint density at radius 1 is 0.944 bits per heavy atom. The van der Waals surface area contributed by atoms with Gasteiger partial charge in [0.1, 0.15) is 0 Å². The van der Waals surface area contributed by atoms with E-state index < -0.39 is 0 Å². The van der Waals surface area contributed by atoms with Crippen LogP contribution in [0.25, 0.3) is 0 Å². The lowest BCUT2D eigenvalue weighted by Gasteiger charge is -2.22. The molecule has 0 bridgehead atoms. The zero-order chi connectivity index (χ0) is 12.1. The molecule has 4 aliphatic rings. The smallest absolute Gasteiger partial charge is 0.226 e. The first-order chi connectivity index (χ1) is 8.84. The third-order valence-corrected chi connectivity index (χ3v) is 6.02. The maximum atomic E-state index is 12.6. The van der Waals surface area contributed by atoms with Crippen molar-refractivity contribution < 1.29 is 4.79 Å². The van der Waals surface area contributed by atoms with Crippen LogP contribution in [-0.4, -0.2) is 37.0 Å². The van der Waals surface area contributed by atoms with Gasteiger partial charge in [-0.3, -0.25) is 4.79 Å². The molecule has 18 heavy (non-hydrogen) atoms. The lowest BCUT2D eigenvalue weighted by molar-refractivity contribution is -0.133. The van der Waals surface area contributed by atoms with Gasteiger partial charge in [-0.2, -0.15) is 0 Å². The average molecular weight is 248 g/mol. The molecule has 0 aromatic carbocycles. The van der Waals surface area contributed by atoms with Gasteiger partial charge < -0.3 is 10.2 Å². The molecule has 3 heteroatoms. The Bertz CT molecular complexity index is 332. The van der Waals surface area contributed by atoms with Crippen LogP contribution in [0.3, 0.4) is 0 Å². The molecule has 3 nitrogen and oxygen atoms in total. The van der Waals surface area contributed by atoms with Crippen molar-refractivity contribution in [3.63, 3.8) is 0 Å². The second-order valence-corrected chi connectivity index (χ2v) is 6.87. The van der Waals surface area contributed by atoms with E-state index in [1.165, 1.54) is 45.2 Å². The first-order valence-corrected chi connectivity index (χ1v) is 7.84. The summed E-state index contributed by atoms with van der Waals surface area (Å²) in [5, 5.41) is 3.50. The van der Waals surface area contributed by atoms with Gasteiger partial charge in [-0.05, 0) is 62.4 Å². The summed E-state index contributed by atoms with van der Waals surface area (Å²) in [4.78, 5) is 14.8. The van der Waals surface area contributed by atoms with E-state index >= 15 is 0 Å². The number of carbonyl (C=O) groups excluding carboxylic acids is 1. The van der Waals surface area contributed by atoms with Crippen LogP contribution >= 0.6 is 0 Å². The number of fused-ring (bicyclic) bond motifs is 2. The minimum absolute atomic E-state index is 0.440. The number of hydrogen-bond donors (Lipinski definition) is 1. The van der Waals surface area contributed by atoms with Crippen LogP contribution in [0.2, 0.25) is 0 Å². The van der Waals surface area contributed by atoms with Crippen molar-refractivity contribution in [2.45, 2.75) is 32.1 Å². The molecular weight excluding hydrogens is 224 g/mol. The maximum absolute atomic E-state index is 12.6. The van der Waals surface area contributed by atoms with E-state index in [4.69, 9.17) is 0 Å². The number of nitrogens with one attached hydrogen (secondary N) is 1. The second kappa shape index (κ2) is 4.22. The molecule has 0 aromatic rings. The monoisotopic (exact) mass is 248 g/mol. The lowest BCUT2D eigenvalue weighted by atomic mass is 9.92. The molecule has 100 valence electrons. The van der Waals surface area contributed by atoms with Crippen molar-refractivity contribution in [1.82, 2.24) is 10.2 Å². The van der Waals surface area contributed by atoms with Gasteiger partial charge in [0.15, 0.2) is 0 Å². The molecule has 0 spiro atoms. The number of carbonyl (C=O) groups is 1. The summed E-state index contributed by atoms with van der Waals surface area (Å²) >= 11 is 0. The normalized spacial score (nSPS) is 46.4. The minimum Gasteiger partial charge on any atom is -0.342 e. The maximum Gasteiger partial charge on any atom is 0.226 e. The highest BCUT2D eigenvalue weighted by molar-refractivity contribution is 5.82. The van der Waals surface area contributed by atoms with Crippen LogP contribution in [-0.2, 0) is 4.79 Å². The highest BCUT2D eigenvalue weighted by Crippen LogP contribution is 2.58. The van der Waals surface area contributed by atoms with Crippen molar-refractivity contribution in [1.29, 1.82) is 0 Å². The minimum atomic E-state index is 0.440. The number of nitrogens with zero attached hydrogens (tertiary/aromatic N) is 1. The number of hydrogen-bond acceptors (Lipinski definition) is 2. The molecule has 1 amide bonds. The van der Waals surface area contributed by atoms with Crippen LogP contribution < -0.4 is 5.32 Å². The van der Waals surface area contributed by atoms with Gasteiger partial charge in [0.2, 0.25) is 5.91 Å². The molecule has 2 saturated heterocycles. The predicted molar refractivity (Wildman–Crippen MR) is 70.0 cm³/mol. The van der Waals surface area contributed by atoms with Gasteiger partial charge >= 0.3 is 0 Å². The molecule has 4 atom stereocenters. The zero-order valence-corrected chi connectivity index (χ0v) is 11.1. The fourth-order valence-electron chi connectivity index (χ4n) is 4.84. The summed E-state index contributed by atoms with van der Waals surface area (Å²) in [5.74, 6) is 4.18. The summed E-state index contributed by atoms with van der Waals surface area (Å²) in [6, 6.07) is 0. The molecule has 0 aromatic heterocycles. The topological polar surface area (TPSA) is 32.3 Å². The molecular formula is C15H24N2O. The molecule has 0 radical (unpaired) electrons. The predicted octanol–water partition coefficient (Wildman–Crippen LogP) is 1.49. The van der Waals surface area contributed by atoms with E-state index in [0.717, 1.165) is 36.8 Å². The number of amides is 1. The summed E-state index contributed by atoms with van der Waals surface area (Å²) in [6.45, 7) is 4.41. The molecule has 1 N–H and O–H groups in total. The lowest BCUT2D eigenvalue weighted by Crippen LogP contribution is -2.34. The van der Waals surface area contributed by atoms with E-state index in [-0.39, 0.29) is 0 Å². The first kappa shape index (κ1) is 11.3. The van der Waals surface area contributed by atoms with Crippen LogP contribution in [0.1, 0.15) is 32.1 Å². The van der Waals surface area contributed by atoms with E-state index in [1.54, 1.807) is 0 Å². The standard InChI is InChI=1S/C15H24N2O/c18-15(14-12-2-1-3-13(12)14)17-6-4-10-8-16-9-11(10)5-7-17/h10-14,16H,1-9H2/t10-,11+,12?,13?,14?. The Balaban J connectivity index is 1.39. The summed E-state index contributed by atoms with van der Waals surface area (Å²) < 4.78 is 0. The highest BCUT2D eigenvalue weighted by Gasteiger charge is 2.57. The molecule has 2 saturated carbocycles. The Kier molecular flexibility index (Phi) is 2.65. The molecule has 2 unspecified atom stereocenters. The summed E-state index contributed by atoms with van der Waals surface area (Å²) in [5.41, 5.74) is 0. The quantitative estimate of drug-likeness (QED) is 0.762. The SMILES string of the molecule is O=C(C1C2CCCC21)N1CC[C@@H]2CNC[C@@H]2CC1. The van der Waals surface area contributed by atoms with Crippen molar-refractivity contribution in [3.05, 3.63) is 0 Å². The Hall–Kier alpha value is -0.570. The Labute approximate surface area is 109 Å².